The molecule has 2 aliphatic heterocycles. The molecule has 0 saturated heterocycles. The van der Waals surface area contributed by atoms with E-state index in [0.29, 0.717) is 0 Å². The summed E-state index contributed by atoms with van der Waals surface area (Å²) in [6.07, 6.45) is 6.34. The maximum absolute atomic E-state index is 5.55. The molecule has 4 heterocycles. The summed E-state index contributed by atoms with van der Waals surface area (Å²) in [7, 11) is 0. The number of aromatic nitrogens is 2. The van der Waals surface area contributed by atoms with Gasteiger partial charge in [0.15, 0.2) is 0 Å². The van der Waals surface area contributed by atoms with Gasteiger partial charge in [-0.25, -0.2) is 4.98 Å². The van der Waals surface area contributed by atoms with Gasteiger partial charge < -0.3 is 9.80 Å². The van der Waals surface area contributed by atoms with Crippen molar-refractivity contribution >= 4 is 76.9 Å². The fraction of sp³-hybridized carbons (Fsp3) is 0.111. The van der Waals surface area contributed by atoms with Crippen LogP contribution in [0.5, 0.6) is 0 Å². The zero-order chi connectivity index (χ0) is 38.2. The largest absolute Gasteiger partial charge is 0.341 e. The highest BCUT2D eigenvalue weighted by molar-refractivity contribution is 6.23. The van der Waals surface area contributed by atoms with Crippen LogP contribution in [0, 0.1) is 0 Å². The number of pyridine rings is 2. The molecule has 8 aromatic carbocycles. The van der Waals surface area contributed by atoms with Crippen LogP contribution in [0.25, 0.3) is 76.5 Å². The van der Waals surface area contributed by atoms with Gasteiger partial charge in [0.25, 0.3) is 0 Å². The quantitative estimate of drug-likeness (QED) is 0.133. The molecular weight excluding hydrogens is 705 g/mol. The fourth-order valence-corrected chi connectivity index (χ4v) is 9.94. The van der Waals surface area contributed by atoms with Gasteiger partial charge in [0.1, 0.15) is 0 Å². The average molecular weight is 745 g/mol. The second-order valence-corrected chi connectivity index (χ2v) is 15.9. The van der Waals surface area contributed by atoms with Crippen molar-refractivity contribution in [2.24, 2.45) is 0 Å². The van der Waals surface area contributed by atoms with Crippen molar-refractivity contribution < 1.29 is 0 Å². The van der Waals surface area contributed by atoms with E-state index in [0.717, 1.165) is 71.8 Å². The van der Waals surface area contributed by atoms with Gasteiger partial charge in [0, 0.05) is 58.4 Å². The van der Waals surface area contributed by atoms with Gasteiger partial charge in [-0.05, 0) is 135 Å². The number of benzene rings is 8. The predicted octanol–water partition coefficient (Wildman–Crippen LogP) is 13.7. The molecule has 0 aliphatic carbocycles. The average Bonchev–Trinajstić information content (AvgIpc) is 3.29. The molecule has 58 heavy (non-hydrogen) atoms. The Bertz CT molecular complexity index is 3270. The minimum Gasteiger partial charge on any atom is -0.341 e. The van der Waals surface area contributed by atoms with E-state index in [1.807, 2.05) is 12.3 Å². The molecule has 10 aromatic rings. The highest BCUT2D eigenvalue weighted by Crippen LogP contribution is 2.48. The van der Waals surface area contributed by atoms with Crippen LogP contribution in [-0.4, -0.2) is 23.1 Å². The Balaban J connectivity index is 1.19. The van der Waals surface area contributed by atoms with Gasteiger partial charge >= 0.3 is 0 Å². The summed E-state index contributed by atoms with van der Waals surface area (Å²) >= 11 is 0. The summed E-state index contributed by atoms with van der Waals surface area (Å²) in [6, 6.07) is 60.8. The first-order valence-corrected chi connectivity index (χ1v) is 20.6. The summed E-state index contributed by atoms with van der Waals surface area (Å²) in [6.45, 7) is 1.97. The molecule has 0 N–H and O–H groups in total. The number of anilines is 4. The standard InChI is InChI=1S/C54H40N4/c1-2-13-40-32-41(22-19-35(40)10-1)51-44-26-24-43(58-31-9-16-37-12-4-6-18-50(37)58)34-47(44)52(48-28-23-39-21-20-38-14-7-29-55-53(38)54(39)56-48)45-27-25-42(33-46(45)51)57-30-8-15-36-11-3-5-17-49(36)57/h1-7,10-14,17-29,32-34H,8-9,15-16,30-31H2. The third kappa shape index (κ3) is 5.29. The number of hydrogen-bond donors (Lipinski definition) is 0. The van der Waals surface area contributed by atoms with Crippen LogP contribution in [-0.2, 0) is 12.8 Å². The van der Waals surface area contributed by atoms with E-state index in [4.69, 9.17) is 9.97 Å². The fourth-order valence-electron chi connectivity index (χ4n) is 9.94. The van der Waals surface area contributed by atoms with Crippen LogP contribution >= 0.6 is 0 Å². The molecule has 0 saturated carbocycles. The van der Waals surface area contributed by atoms with Gasteiger partial charge in [-0.15, -0.1) is 0 Å². The molecule has 2 aliphatic rings. The first-order chi connectivity index (χ1) is 28.7. The second kappa shape index (κ2) is 13.3. The topological polar surface area (TPSA) is 32.3 Å². The molecule has 0 radical (unpaired) electrons. The van der Waals surface area contributed by atoms with Crippen molar-refractivity contribution in [1.29, 1.82) is 0 Å². The lowest BCUT2D eigenvalue weighted by molar-refractivity contribution is 0.767. The molecule has 0 bridgehead atoms. The van der Waals surface area contributed by atoms with Crippen LogP contribution < -0.4 is 9.80 Å². The summed E-state index contributed by atoms with van der Waals surface area (Å²) in [5.41, 5.74) is 14.3. The number of para-hydroxylation sites is 2. The van der Waals surface area contributed by atoms with E-state index in [1.54, 1.807) is 0 Å². The second-order valence-electron chi connectivity index (χ2n) is 15.9. The Labute approximate surface area is 337 Å². The molecule has 4 heteroatoms. The first-order valence-electron chi connectivity index (χ1n) is 20.6. The van der Waals surface area contributed by atoms with E-state index in [2.05, 4.69) is 168 Å². The Morgan fingerprint density at radius 2 is 0.983 bits per heavy atom. The van der Waals surface area contributed by atoms with Crippen LogP contribution in [0.1, 0.15) is 24.0 Å². The Morgan fingerprint density at radius 3 is 1.71 bits per heavy atom. The maximum atomic E-state index is 5.55. The first kappa shape index (κ1) is 33.1. The molecule has 0 amide bonds. The van der Waals surface area contributed by atoms with Crippen molar-refractivity contribution in [2.45, 2.75) is 25.7 Å². The minimum atomic E-state index is 0.929. The van der Waals surface area contributed by atoms with E-state index in [1.165, 1.54) is 77.3 Å². The summed E-state index contributed by atoms with van der Waals surface area (Å²) in [5.74, 6) is 0. The van der Waals surface area contributed by atoms with Crippen molar-refractivity contribution in [3.8, 4) is 22.4 Å². The number of hydrogen-bond acceptors (Lipinski definition) is 4. The lowest BCUT2D eigenvalue weighted by Gasteiger charge is -2.32. The molecule has 0 spiro atoms. The lowest BCUT2D eigenvalue weighted by atomic mass is 9.85. The summed E-state index contributed by atoms with van der Waals surface area (Å²) < 4.78 is 0. The predicted molar refractivity (Wildman–Crippen MR) is 244 cm³/mol. The Kier molecular flexibility index (Phi) is 7.59. The number of nitrogens with zero attached hydrogens (tertiary/aromatic N) is 4. The van der Waals surface area contributed by atoms with E-state index in [-0.39, 0.29) is 0 Å². The maximum Gasteiger partial charge on any atom is 0.0972 e. The van der Waals surface area contributed by atoms with Gasteiger partial charge in [0.05, 0.1) is 16.7 Å². The van der Waals surface area contributed by atoms with Crippen molar-refractivity contribution in [2.75, 3.05) is 22.9 Å². The zero-order valence-corrected chi connectivity index (χ0v) is 32.2. The summed E-state index contributed by atoms with van der Waals surface area (Å²) in [5, 5.41) is 9.52. The molecular formula is C54H40N4. The molecule has 12 rings (SSSR count). The zero-order valence-electron chi connectivity index (χ0n) is 32.2. The Morgan fingerprint density at radius 1 is 0.414 bits per heavy atom. The summed E-state index contributed by atoms with van der Waals surface area (Å²) in [4.78, 5) is 15.4. The molecule has 2 aromatic heterocycles. The smallest absolute Gasteiger partial charge is 0.0972 e. The molecule has 276 valence electrons. The Hall–Kier alpha value is -7.04. The normalized spacial score (nSPS) is 14.1. The monoisotopic (exact) mass is 744 g/mol. The SMILES string of the molecule is c1ccc2c(c1)CCCN2c1ccc2c(-c3ccc4ccc5cccnc5c4n3)c3cc(N4CCCc5ccccc54)ccc3c(-c3ccc4ccccc4c3)c2c1. The molecule has 4 nitrogen and oxygen atoms in total. The minimum absolute atomic E-state index is 0.929. The molecule has 0 unspecified atom stereocenters. The lowest BCUT2D eigenvalue weighted by Crippen LogP contribution is -2.24. The van der Waals surface area contributed by atoms with Crippen molar-refractivity contribution in [3.63, 3.8) is 0 Å². The van der Waals surface area contributed by atoms with Gasteiger partial charge in [-0.1, -0.05) is 109 Å². The third-order valence-electron chi connectivity index (χ3n) is 12.7. The number of rotatable bonds is 4. The van der Waals surface area contributed by atoms with E-state index >= 15 is 0 Å². The van der Waals surface area contributed by atoms with Gasteiger partial charge in [0.2, 0.25) is 0 Å². The molecule has 0 fully saturated rings. The van der Waals surface area contributed by atoms with Crippen LogP contribution in [0.3, 0.4) is 0 Å². The van der Waals surface area contributed by atoms with Crippen LogP contribution in [0.2, 0.25) is 0 Å². The van der Waals surface area contributed by atoms with E-state index in [9.17, 15) is 0 Å². The van der Waals surface area contributed by atoms with E-state index < -0.39 is 0 Å². The highest BCUT2D eigenvalue weighted by atomic mass is 15.1. The highest BCUT2D eigenvalue weighted by Gasteiger charge is 2.25. The van der Waals surface area contributed by atoms with Crippen LogP contribution in [0.4, 0.5) is 22.7 Å². The number of fused-ring (bicyclic) bond motifs is 8. The van der Waals surface area contributed by atoms with Crippen molar-refractivity contribution in [3.05, 3.63) is 181 Å². The van der Waals surface area contributed by atoms with Crippen LogP contribution in [0.15, 0.2) is 170 Å². The van der Waals surface area contributed by atoms with Gasteiger partial charge in [-0.3, -0.25) is 4.98 Å². The third-order valence-corrected chi connectivity index (χ3v) is 12.7. The van der Waals surface area contributed by atoms with Gasteiger partial charge in [-0.2, -0.15) is 0 Å². The van der Waals surface area contributed by atoms with Crippen molar-refractivity contribution in [1.82, 2.24) is 9.97 Å². The number of aryl methyl sites for hydroxylation is 2. The molecule has 0 atom stereocenters.